The number of hydroxylamine groups is 2. The minimum atomic E-state index is -4.36. The lowest BCUT2D eigenvalue weighted by atomic mass is 10.1. The highest BCUT2D eigenvalue weighted by Crippen LogP contribution is 2.45. The third-order valence-corrected chi connectivity index (χ3v) is 23.4. The van der Waals surface area contributed by atoms with Crippen LogP contribution in [0.25, 0.3) is 55.8 Å². The van der Waals surface area contributed by atoms with Gasteiger partial charge in [-0.15, -0.1) is 5.06 Å². The van der Waals surface area contributed by atoms with Crippen molar-refractivity contribution in [2.45, 2.75) is 113 Å². The van der Waals surface area contributed by atoms with Crippen LogP contribution in [0.4, 0.5) is 29.1 Å². The van der Waals surface area contributed by atoms with Crippen molar-refractivity contribution in [3.63, 3.8) is 0 Å². The van der Waals surface area contributed by atoms with Gasteiger partial charge in [-0.2, -0.15) is 21.2 Å². The monoisotopic (exact) mass is 1820 g/mol. The maximum atomic E-state index is 12.2. The van der Waals surface area contributed by atoms with Crippen molar-refractivity contribution in [2.24, 2.45) is 39.1 Å². The van der Waals surface area contributed by atoms with Gasteiger partial charge in [0.15, 0.2) is 64.1 Å². The van der Waals surface area contributed by atoms with Gasteiger partial charge < -0.3 is 111 Å². The first kappa shape index (κ1) is 91.9. The second-order valence-corrected chi connectivity index (χ2v) is 32.8. The number of carbonyl (C=O) groups is 3. The van der Waals surface area contributed by atoms with Crippen LogP contribution >= 0.6 is 0 Å². The fourth-order valence-electron chi connectivity index (χ4n) is 15.7. The molecule has 2 amide bonds. The standard InChI is InChI=1S/C19H20N6O4S.C13H17N5O4.C13H13NO6.C11H14N6O3S.C11H15N5O3.C11H13N5O/c1-12-4-2-3-5-15(12)19(26)24-30(27,28)29-9-13-6-7-14(8-13)25-11-23-16-17(20)21-10-22-18(16)25;1-20-13-21-9-6(3-19)2-7(10(9)22-13)18-5-17-8-11(14)15-4-16-12(8)18;1-18-8-19-10-5-3-2-4-9(10)13(17)20-14-11(15)6-7-12(14)16;12-10-9-11(15-5-14-10)17(6-16-9)8-2-1-7(3-8)4-20-21(13,18)19;12-10-7-11(14-3-13-10)16(4-15-7)6-1-5(2-17)8(18)9(6)19;12-10-9-11(14-5-13-10)16(6-15-9)8-2-1-7(3-8)4-17/h2-7,10-11,13-14H,8-9H2,1H3,(H,24,26)(H2,20,21,22);4-7,9-10,13,19H,2-3H2,1H3,(H2,14,15,16);2-5H,6-8H2,1H3;1-2,5-8H,3-4H2,(H2,12,14,15)(H2,13,18,19);3-6,8-9,17-19H,1-2H2,(H2,12,13,14);1-2,5-8,17H,3-4H2,(H2,12,13,14)/p-1/t13-,14+;6-,7-,9+,10?,13?;;7-,8+;5-,6-,8+,9?;7-,8+/m11.111/s1. The van der Waals surface area contributed by atoms with Crippen LogP contribution in [0, 0.1) is 36.5 Å². The molecule has 5 aliphatic carbocycles. The summed E-state index contributed by atoms with van der Waals surface area (Å²) in [6, 6.07) is 12.6. The maximum absolute atomic E-state index is 12.2. The summed E-state index contributed by atoms with van der Waals surface area (Å²) < 4.78 is 94.6. The van der Waals surface area contributed by atoms with E-state index in [1.54, 1.807) is 73.2 Å². The van der Waals surface area contributed by atoms with Crippen LogP contribution in [0.1, 0.15) is 96.6 Å². The Morgan fingerprint density at radius 1 is 0.504 bits per heavy atom. The predicted octanol–water partition coefficient (Wildman–Crippen LogP) is 0.416. The molecule has 129 heavy (non-hydrogen) atoms. The Morgan fingerprint density at radius 2 is 0.915 bits per heavy atom. The molecule has 682 valence electrons. The fourth-order valence-corrected chi connectivity index (χ4v) is 16.7. The van der Waals surface area contributed by atoms with Gasteiger partial charge in [0, 0.05) is 82.4 Å². The van der Waals surface area contributed by atoms with Crippen LogP contribution in [0.2, 0.25) is 0 Å². The Morgan fingerprint density at radius 3 is 1.35 bits per heavy atom. The summed E-state index contributed by atoms with van der Waals surface area (Å²) in [5, 5.41) is 65.3. The highest BCUT2D eigenvalue weighted by atomic mass is 32.2. The molecule has 4 fully saturated rings. The van der Waals surface area contributed by atoms with Crippen molar-refractivity contribution in [3.05, 3.63) is 165 Å². The summed E-state index contributed by atoms with van der Waals surface area (Å²) in [5.41, 5.74) is 35.7. The quantitative estimate of drug-likeness (QED) is 0.0144. The number of amides is 2. The van der Waals surface area contributed by atoms with Crippen LogP contribution in [0.5, 0.6) is 5.75 Å². The van der Waals surface area contributed by atoms with Crippen molar-refractivity contribution in [1.82, 2.24) is 103 Å². The minimum Gasteiger partial charge on any atom is -0.858 e. The van der Waals surface area contributed by atoms with E-state index in [-0.39, 0.29) is 147 Å². The topological polar surface area (TPSA) is 707 Å². The van der Waals surface area contributed by atoms with Gasteiger partial charge >= 0.3 is 26.6 Å². The Labute approximate surface area is 732 Å². The van der Waals surface area contributed by atoms with E-state index in [1.165, 1.54) is 64.3 Å². The Hall–Kier alpha value is -13.3. The molecule has 10 aromatic heterocycles. The number of allylic oxidation sites excluding steroid dienone is 3. The summed E-state index contributed by atoms with van der Waals surface area (Å²) in [5.74, 6) is -1.22. The first-order valence-electron chi connectivity index (χ1n) is 40.0. The number of para-hydroxylation sites is 1. The smallest absolute Gasteiger partial charge is 0.380 e. The Bertz CT molecular complexity index is 6380. The molecule has 0 spiro atoms. The molecular weight excluding hydrogens is 1730 g/mol. The number of hydrogen-bond donors (Lipinski definition) is 11. The number of imide groups is 1. The molecule has 51 heteroatoms. The molecule has 7 aliphatic rings. The molecular formula is C78H91N28O21S2-. The third-order valence-electron chi connectivity index (χ3n) is 22.2. The Kier molecular flexibility index (Phi) is 28.8. The van der Waals surface area contributed by atoms with Gasteiger partial charge in [0.1, 0.15) is 82.7 Å². The number of rotatable bonds is 22. The number of imidazole rings is 5. The predicted molar refractivity (Wildman–Crippen MR) is 453 cm³/mol. The number of fused-ring (bicyclic) bond motifs is 6. The summed E-state index contributed by atoms with van der Waals surface area (Å²) in [4.78, 5) is 101. The second-order valence-electron chi connectivity index (χ2n) is 30.3. The third kappa shape index (κ3) is 20.8. The average molecular weight is 1820 g/mol. The maximum Gasteiger partial charge on any atom is 0.380 e. The molecule has 2 aliphatic heterocycles. The lowest BCUT2D eigenvalue weighted by molar-refractivity contribution is -0.237. The van der Waals surface area contributed by atoms with Crippen LogP contribution in [-0.4, -0.2) is 254 Å². The van der Waals surface area contributed by atoms with Gasteiger partial charge in [-0.25, -0.2) is 84.7 Å². The molecule has 0 bridgehead atoms. The number of methoxy groups -OCH3 is 2. The molecule has 17 N–H and O–H groups in total. The number of nitrogens with zero attached hydrogens (tertiary/aromatic N) is 22. The number of nitrogens with two attached hydrogens (primary N) is 6. The van der Waals surface area contributed by atoms with Crippen LogP contribution in [0.3, 0.4) is 0 Å². The number of nitrogen functional groups attached to an aromatic ring is 5. The average Bonchev–Trinajstić information content (AvgIpc) is 1.58. The molecule has 2 aromatic carbocycles. The number of carbonyl (C=O) groups excluding carboxylic acids is 3. The van der Waals surface area contributed by atoms with E-state index in [1.807, 2.05) is 48.6 Å². The zero-order valence-electron chi connectivity index (χ0n) is 69.1. The molecule has 3 unspecified atom stereocenters. The van der Waals surface area contributed by atoms with Gasteiger partial charge in [-0.05, 0) is 62.3 Å². The largest absolute Gasteiger partial charge is 0.858 e. The molecule has 0 radical (unpaired) electrons. The highest BCUT2D eigenvalue weighted by Gasteiger charge is 2.53. The number of aryl methyl sites for hydroxylation is 1. The number of hydrogen-bond acceptors (Lipinski definition) is 41. The molecule has 2 saturated carbocycles. The minimum absolute atomic E-state index is 0.0124. The van der Waals surface area contributed by atoms with E-state index < -0.39 is 63.0 Å². The van der Waals surface area contributed by atoms with Crippen LogP contribution in [-0.2, 0) is 62.3 Å². The number of ether oxygens (including phenoxy) is 5. The van der Waals surface area contributed by atoms with Gasteiger partial charge in [0.25, 0.3) is 18.3 Å². The molecule has 19 rings (SSSR count). The molecule has 49 nitrogen and oxygen atoms in total. The number of benzene rings is 2. The zero-order chi connectivity index (χ0) is 91.5. The molecule has 12 heterocycles. The summed E-state index contributed by atoms with van der Waals surface area (Å²) in [7, 11) is -5.30. The van der Waals surface area contributed by atoms with E-state index >= 15 is 0 Å². The normalized spacial score (nSPS) is 24.0. The molecule has 12 aromatic rings. The summed E-state index contributed by atoms with van der Waals surface area (Å²) >= 11 is 0. The van der Waals surface area contributed by atoms with Crippen molar-refractivity contribution in [1.29, 1.82) is 0 Å². The number of aromatic nitrogens is 20. The van der Waals surface area contributed by atoms with E-state index in [0.29, 0.717) is 110 Å². The lowest BCUT2D eigenvalue weighted by Crippen LogP contribution is -2.32. The zero-order valence-corrected chi connectivity index (χ0v) is 70.7. The summed E-state index contributed by atoms with van der Waals surface area (Å²) in [6.45, 7) is 0.904. The Balaban J connectivity index is 0.000000126. The van der Waals surface area contributed by atoms with Crippen molar-refractivity contribution in [3.8, 4) is 5.75 Å². The SMILES string of the molecule is COC1OC2[C@@H](O1)[C@@H](CO)C[C@H]2n1cnc2c(N)ncnc21.COCOc1ccccc1C(=O)ON1C(=O)CCC1=O.Cc1ccccc1C([O-])=NS(=O)(=O)OC[C@@H]1C=C[C@H](n2cnc3c(N)ncnc32)C1.Nc1ncnc2c1ncn2[C@@H]1C[C@H](CO)[C@H](O)C1O.Nc1ncnc2c1ncn2[C@H]1C=C[C@@H](CO)C1.Nc1ncnc2c1ncn2[C@H]1C=C[C@@H](COS(N)(=O)=O)C1. The van der Waals surface area contributed by atoms with Crippen molar-refractivity contribution >= 4 is 129 Å². The van der Waals surface area contributed by atoms with E-state index in [9.17, 15) is 56.8 Å². The number of anilines is 5. The van der Waals surface area contributed by atoms with Crippen LogP contribution < -0.4 is 43.7 Å². The lowest BCUT2D eigenvalue weighted by Gasteiger charge is -2.19. The van der Waals surface area contributed by atoms with Crippen molar-refractivity contribution < 1.29 is 98.7 Å². The van der Waals surface area contributed by atoms with E-state index in [2.05, 4.69) is 89.4 Å². The van der Waals surface area contributed by atoms with Gasteiger partial charge in [-0.1, -0.05) is 72.9 Å². The van der Waals surface area contributed by atoms with E-state index in [0.717, 1.165) is 12.1 Å². The second kappa shape index (κ2) is 40.4. The van der Waals surface area contributed by atoms with Crippen LogP contribution in [0.15, 0.2) is 153 Å². The summed E-state index contributed by atoms with van der Waals surface area (Å²) in [6.07, 6.45) is 27.9. The number of aliphatic hydroxyl groups excluding tert-OH is 5. The van der Waals surface area contributed by atoms with E-state index in [4.69, 9.17) is 71.6 Å². The first-order valence-corrected chi connectivity index (χ1v) is 42.8. The highest BCUT2D eigenvalue weighted by molar-refractivity contribution is 7.85. The first-order chi connectivity index (χ1) is 62.1. The fraction of sp³-hybridized carbons (Fsp3) is 0.397. The van der Waals surface area contributed by atoms with Gasteiger partial charge in [0.05, 0.1) is 87.3 Å². The van der Waals surface area contributed by atoms with Gasteiger partial charge in [-0.3, -0.25) is 18.0 Å². The van der Waals surface area contributed by atoms with Gasteiger partial charge in [0.2, 0.25) is 0 Å². The number of aliphatic hydroxyl groups is 5. The van der Waals surface area contributed by atoms with Crippen molar-refractivity contribution in [2.75, 3.05) is 82.7 Å². The molecule has 15 atom stereocenters. The molecule has 2 saturated heterocycles.